The predicted molar refractivity (Wildman–Crippen MR) is 71.6 cm³/mol. The van der Waals surface area contributed by atoms with Crippen LogP contribution in [0.15, 0.2) is 16.8 Å². The molecule has 3 heterocycles. The normalized spacial score (nSPS) is 25.6. The molecule has 2 fully saturated rings. The number of piperidine rings is 1. The lowest BCUT2D eigenvalue weighted by molar-refractivity contribution is -0.193. The van der Waals surface area contributed by atoms with E-state index in [0.29, 0.717) is 12.6 Å². The molecule has 0 aliphatic carbocycles. The summed E-state index contributed by atoms with van der Waals surface area (Å²) in [5.41, 5.74) is 7.28. The fourth-order valence-electron chi connectivity index (χ4n) is 2.98. The van der Waals surface area contributed by atoms with E-state index in [0.717, 1.165) is 39.1 Å². The van der Waals surface area contributed by atoms with Crippen LogP contribution in [0.4, 0.5) is 0 Å². The summed E-state index contributed by atoms with van der Waals surface area (Å²) < 4.78 is 11.6. The molecule has 0 amide bonds. The third-order valence-corrected chi connectivity index (χ3v) is 4.55. The summed E-state index contributed by atoms with van der Waals surface area (Å²) in [7, 11) is 0. The number of likely N-dealkylation sites (tertiary alicyclic amines) is 1. The molecule has 0 saturated carbocycles. The molecule has 0 bridgehead atoms. The molecule has 0 radical (unpaired) electrons. The van der Waals surface area contributed by atoms with Crippen molar-refractivity contribution in [3.63, 3.8) is 0 Å². The Morgan fingerprint density at radius 2 is 2.28 bits per heavy atom. The van der Waals surface area contributed by atoms with Crippen molar-refractivity contribution in [1.29, 1.82) is 0 Å². The van der Waals surface area contributed by atoms with Crippen molar-refractivity contribution >= 4 is 11.3 Å². The first-order chi connectivity index (χ1) is 8.83. The smallest absolute Gasteiger partial charge is 0.181 e. The van der Waals surface area contributed by atoms with Crippen LogP contribution in [0.1, 0.15) is 24.4 Å². The first kappa shape index (κ1) is 12.6. The molecule has 1 spiro atoms. The molecule has 2 saturated heterocycles. The quantitative estimate of drug-likeness (QED) is 0.904. The van der Waals surface area contributed by atoms with E-state index < -0.39 is 0 Å². The van der Waals surface area contributed by atoms with Crippen molar-refractivity contribution in [1.82, 2.24) is 4.90 Å². The number of hydrogen-bond donors (Lipinski definition) is 1. The first-order valence-corrected chi connectivity index (χ1v) is 7.51. The summed E-state index contributed by atoms with van der Waals surface area (Å²) in [6.45, 7) is 4.00. The third-order valence-electron chi connectivity index (χ3n) is 3.85. The maximum Gasteiger partial charge on any atom is 0.181 e. The fourth-order valence-corrected chi connectivity index (χ4v) is 3.69. The summed E-state index contributed by atoms with van der Waals surface area (Å²) in [5.74, 6) is -0.359. The Balaban J connectivity index is 1.74. The van der Waals surface area contributed by atoms with Crippen LogP contribution in [-0.4, -0.2) is 43.5 Å². The molecule has 18 heavy (non-hydrogen) atoms. The lowest BCUT2D eigenvalue weighted by Crippen LogP contribution is -2.51. The van der Waals surface area contributed by atoms with E-state index in [1.165, 1.54) is 5.56 Å². The van der Waals surface area contributed by atoms with Crippen molar-refractivity contribution in [2.45, 2.75) is 24.7 Å². The second-order valence-electron chi connectivity index (χ2n) is 4.99. The second-order valence-corrected chi connectivity index (χ2v) is 5.77. The number of hydrogen-bond acceptors (Lipinski definition) is 5. The van der Waals surface area contributed by atoms with Gasteiger partial charge in [-0.05, 0) is 35.4 Å². The number of nitrogens with two attached hydrogens (primary N) is 1. The largest absolute Gasteiger partial charge is 0.346 e. The van der Waals surface area contributed by atoms with Crippen LogP contribution >= 0.6 is 11.3 Å². The monoisotopic (exact) mass is 268 g/mol. The van der Waals surface area contributed by atoms with Crippen molar-refractivity contribution in [3.8, 4) is 0 Å². The van der Waals surface area contributed by atoms with Crippen molar-refractivity contribution in [2.75, 3.05) is 32.8 Å². The summed E-state index contributed by atoms with van der Waals surface area (Å²) in [5, 5.41) is 4.30. The number of thiophene rings is 1. The van der Waals surface area contributed by atoms with Gasteiger partial charge in [0.25, 0.3) is 0 Å². The van der Waals surface area contributed by atoms with Gasteiger partial charge < -0.3 is 15.2 Å². The minimum absolute atomic E-state index is 0.293. The van der Waals surface area contributed by atoms with Gasteiger partial charge in [-0.15, -0.1) is 0 Å². The second kappa shape index (κ2) is 5.27. The predicted octanol–water partition coefficient (Wildman–Crippen LogP) is 1.59. The van der Waals surface area contributed by atoms with Crippen molar-refractivity contribution in [3.05, 3.63) is 22.4 Å². The molecular weight excluding hydrogens is 248 g/mol. The highest BCUT2D eigenvalue weighted by atomic mass is 32.1. The molecule has 1 aromatic rings. The minimum atomic E-state index is -0.359. The van der Waals surface area contributed by atoms with E-state index in [4.69, 9.17) is 15.2 Å². The van der Waals surface area contributed by atoms with Crippen LogP contribution in [0.2, 0.25) is 0 Å². The zero-order valence-electron chi connectivity index (χ0n) is 10.5. The van der Waals surface area contributed by atoms with Crippen LogP contribution in [0.5, 0.6) is 0 Å². The summed E-state index contributed by atoms with van der Waals surface area (Å²) in [4.78, 5) is 2.41. The summed E-state index contributed by atoms with van der Waals surface area (Å²) in [6, 6.07) is 2.46. The van der Waals surface area contributed by atoms with Gasteiger partial charge in [0.2, 0.25) is 0 Å². The Labute approximate surface area is 112 Å². The van der Waals surface area contributed by atoms with Crippen LogP contribution < -0.4 is 5.73 Å². The van der Waals surface area contributed by atoms with Crippen LogP contribution in [-0.2, 0) is 9.47 Å². The standard InChI is InChI=1S/C13H20N2O2S/c14-8-12(11-2-7-18-9-11)15-4-1-3-13(10-15)16-5-6-17-13/h2,7,9,12H,1,3-6,8,10,14H2. The SMILES string of the molecule is NCC(c1ccsc1)N1CCCC2(C1)OCCO2. The van der Waals surface area contributed by atoms with Gasteiger partial charge in [-0.2, -0.15) is 11.3 Å². The molecular formula is C13H20N2O2S. The van der Waals surface area contributed by atoms with E-state index in [1.807, 2.05) is 0 Å². The average molecular weight is 268 g/mol. The van der Waals surface area contributed by atoms with Gasteiger partial charge in [-0.3, -0.25) is 4.90 Å². The highest BCUT2D eigenvalue weighted by Gasteiger charge is 2.42. The minimum Gasteiger partial charge on any atom is -0.346 e. The molecule has 1 atom stereocenters. The van der Waals surface area contributed by atoms with Crippen LogP contribution in [0.3, 0.4) is 0 Å². The lowest BCUT2D eigenvalue weighted by Gasteiger charge is -2.42. The topological polar surface area (TPSA) is 47.7 Å². The highest BCUT2D eigenvalue weighted by Crippen LogP contribution is 2.34. The molecule has 2 aliphatic heterocycles. The van der Waals surface area contributed by atoms with Gasteiger partial charge >= 0.3 is 0 Å². The van der Waals surface area contributed by atoms with Gasteiger partial charge in [0, 0.05) is 19.0 Å². The Morgan fingerprint density at radius 1 is 1.44 bits per heavy atom. The molecule has 2 aliphatic rings. The van der Waals surface area contributed by atoms with Gasteiger partial charge in [-0.1, -0.05) is 0 Å². The molecule has 0 aromatic carbocycles. The van der Waals surface area contributed by atoms with E-state index in [2.05, 4.69) is 21.7 Å². The third kappa shape index (κ3) is 2.33. The van der Waals surface area contributed by atoms with E-state index in [1.54, 1.807) is 11.3 Å². The van der Waals surface area contributed by atoms with Gasteiger partial charge in [0.05, 0.1) is 19.8 Å². The van der Waals surface area contributed by atoms with Gasteiger partial charge in [-0.25, -0.2) is 0 Å². The molecule has 1 aromatic heterocycles. The molecule has 1 unspecified atom stereocenters. The van der Waals surface area contributed by atoms with Gasteiger partial charge in [0.1, 0.15) is 0 Å². The van der Waals surface area contributed by atoms with E-state index in [-0.39, 0.29) is 5.79 Å². The lowest BCUT2D eigenvalue weighted by atomic mass is 10.00. The van der Waals surface area contributed by atoms with Crippen molar-refractivity contribution < 1.29 is 9.47 Å². The van der Waals surface area contributed by atoms with E-state index in [9.17, 15) is 0 Å². The Hall–Kier alpha value is -0.460. The maximum absolute atomic E-state index is 5.96. The Bertz CT molecular complexity index is 376. The van der Waals surface area contributed by atoms with Crippen LogP contribution in [0, 0.1) is 0 Å². The van der Waals surface area contributed by atoms with Crippen molar-refractivity contribution in [2.24, 2.45) is 5.73 Å². The average Bonchev–Trinajstić information content (AvgIpc) is 3.03. The Morgan fingerprint density at radius 3 is 2.94 bits per heavy atom. The zero-order valence-corrected chi connectivity index (χ0v) is 11.3. The molecule has 3 rings (SSSR count). The zero-order chi connectivity index (χ0) is 12.4. The fraction of sp³-hybridized carbons (Fsp3) is 0.692. The summed E-state index contributed by atoms with van der Waals surface area (Å²) in [6.07, 6.45) is 2.12. The summed E-state index contributed by atoms with van der Waals surface area (Å²) >= 11 is 1.73. The highest BCUT2D eigenvalue weighted by molar-refractivity contribution is 7.07. The maximum atomic E-state index is 5.96. The number of rotatable bonds is 3. The number of nitrogens with zero attached hydrogens (tertiary/aromatic N) is 1. The molecule has 2 N–H and O–H groups in total. The first-order valence-electron chi connectivity index (χ1n) is 6.57. The molecule has 4 nitrogen and oxygen atoms in total. The van der Waals surface area contributed by atoms with E-state index >= 15 is 0 Å². The van der Waals surface area contributed by atoms with Gasteiger partial charge in [0.15, 0.2) is 5.79 Å². The Kier molecular flexibility index (Phi) is 3.68. The number of ether oxygens (including phenoxy) is 2. The molecule has 5 heteroatoms. The van der Waals surface area contributed by atoms with Crippen LogP contribution in [0.25, 0.3) is 0 Å². The molecule has 100 valence electrons.